The second-order valence-corrected chi connectivity index (χ2v) is 6.37. The van der Waals surface area contributed by atoms with E-state index in [1.807, 2.05) is 0 Å². The van der Waals surface area contributed by atoms with Crippen molar-refractivity contribution in [1.29, 1.82) is 0 Å². The lowest BCUT2D eigenvalue weighted by Crippen LogP contribution is -1.84. The molecule has 0 aliphatic heterocycles. The highest BCUT2D eigenvalue weighted by atomic mass is 16.3. The normalized spacial score (nSPS) is 11.5. The first-order chi connectivity index (χ1) is 10.4. The Morgan fingerprint density at radius 2 is 0.905 bits per heavy atom. The van der Waals surface area contributed by atoms with Gasteiger partial charge in [-0.05, 0) is 32.1 Å². The summed E-state index contributed by atoms with van der Waals surface area (Å²) >= 11 is 0. The van der Waals surface area contributed by atoms with Gasteiger partial charge in [0.2, 0.25) is 0 Å². The summed E-state index contributed by atoms with van der Waals surface area (Å²) in [5.74, 6) is 0. The molecular formula is C20H40O. The number of hydrogen-bond donors (Lipinski definition) is 1. The van der Waals surface area contributed by atoms with Crippen molar-refractivity contribution in [2.45, 2.75) is 110 Å². The molecule has 126 valence electrons. The largest absolute Gasteiger partial charge is 0.396 e. The number of aliphatic hydroxyl groups excluding tert-OH is 1. The molecule has 0 amide bonds. The summed E-state index contributed by atoms with van der Waals surface area (Å²) in [6.07, 6.45) is 26.2. The van der Waals surface area contributed by atoms with Gasteiger partial charge in [0.15, 0.2) is 0 Å². The van der Waals surface area contributed by atoms with Gasteiger partial charge in [-0.1, -0.05) is 89.7 Å². The molecule has 0 bridgehead atoms. The maximum atomic E-state index is 8.69. The lowest BCUT2D eigenvalue weighted by molar-refractivity contribution is 0.282. The van der Waals surface area contributed by atoms with E-state index in [2.05, 4.69) is 19.1 Å². The van der Waals surface area contributed by atoms with Crippen LogP contribution in [0.3, 0.4) is 0 Å². The van der Waals surface area contributed by atoms with Gasteiger partial charge in [-0.3, -0.25) is 0 Å². The minimum absolute atomic E-state index is 0.366. The van der Waals surface area contributed by atoms with Gasteiger partial charge < -0.3 is 5.11 Å². The summed E-state index contributed by atoms with van der Waals surface area (Å²) < 4.78 is 0. The Morgan fingerprint density at radius 1 is 0.524 bits per heavy atom. The standard InChI is InChI=1S/C20H40O/c1-2-3-4-5-6-7-8-9-10-11-12-13-14-15-16-17-18-19-20-21/h9-10,21H,2-8,11-20H2,1H3/b10-9-/i20+1. The van der Waals surface area contributed by atoms with E-state index in [1.54, 1.807) is 0 Å². The smallest absolute Gasteiger partial charge is 0.0431 e. The molecule has 0 saturated heterocycles. The van der Waals surface area contributed by atoms with E-state index >= 15 is 0 Å². The van der Waals surface area contributed by atoms with Crippen LogP contribution in [0, 0.1) is 0 Å². The zero-order chi connectivity index (χ0) is 15.4. The Balaban J connectivity index is 3.02. The average Bonchev–Trinajstić information content (AvgIpc) is 2.50. The molecule has 0 rings (SSSR count). The van der Waals surface area contributed by atoms with Gasteiger partial charge >= 0.3 is 0 Å². The Hall–Kier alpha value is -0.300. The lowest BCUT2D eigenvalue weighted by Gasteiger charge is -2.00. The molecule has 21 heavy (non-hydrogen) atoms. The lowest BCUT2D eigenvalue weighted by atomic mass is 10.1. The highest BCUT2D eigenvalue weighted by molar-refractivity contribution is 4.81. The zero-order valence-corrected chi connectivity index (χ0v) is 14.6. The van der Waals surface area contributed by atoms with Crippen LogP contribution in [0.2, 0.25) is 0 Å². The maximum absolute atomic E-state index is 8.69. The highest BCUT2D eigenvalue weighted by Crippen LogP contribution is 2.11. The van der Waals surface area contributed by atoms with Crippen molar-refractivity contribution in [1.82, 2.24) is 0 Å². The van der Waals surface area contributed by atoms with Crippen molar-refractivity contribution < 1.29 is 5.11 Å². The van der Waals surface area contributed by atoms with Crippen LogP contribution >= 0.6 is 0 Å². The van der Waals surface area contributed by atoms with E-state index in [0.717, 1.165) is 6.42 Å². The van der Waals surface area contributed by atoms with E-state index in [1.165, 1.54) is 96.3 Å². The summed E-state index contributed by atoms with van der Waals surface area (Å²) in [5.41, 5.74) is 0. The third kappa shape index (κ3) is 19.7. The van der Waals surface area contributed by atoms with Crippen LogP contribution in [0.15, 0.2) is 12.2 Å². The monoisotopic (exact) mass is 297 g/mol. The van der Waals surface area contributed by atoms with Gasteiger partial charge in [0.1, 0.15) is 0 Å². The van der Waals surface area contributed by atoms with E-state index in [0.29, 0.717) is 6.61 Å². The van der Waals surface area contributed by atoms with E-state index in [9.17, 15) is 0 Å². The summed E-state index contributed by atoms with van der Waals surface area (Å²) in [5, 5.41) is 8.69. The van der Waals surface area contributed by atoms with Crippen LogP contribution in [-0.2, 0) is 0 Å². The van der Waals surface area contributed by atoms with Gasteiger partial charge in [-0.25, -0.2) is 0 Å². The van der Waals surface area contributed by atoms with Crippen molar-refractivity contribution in [3.8, 4) is 0 Å². The first-order valence-corrected chi connectivity index (χ1v) is 9.67. The van der Waals surface area contributed by atoms with Gasteiger partial charge in [-0.2, -0.15) is 0 Å². The van der Waals surface area contributed by atoms with Crippen LogP contribution in [0.1, 0.15) is 110 Å². The van der Waals surface area contributed by atoms with Gasteiger partial charge in [0.05, 0.1) is 0 Å². The molecule has 0 saturated carbocycles. The summed E-state index contributed by atoms with van der Waals surface area (Å²) in [6, 6.07) is 0. The Kier molecular flexibility index (Phi) is 19.4. The number of allylic oxidation sites excluding steroid dienone is 2. The molecule has 0 heterocycles. The first-order valence-electron chi connectivity index (χ1n) is 9.67. The van der Waals surface area contributed by atoms with Crippen LogP contribution in [0.4, 0.5) is 0 Å². The zero-order valence-electron chi connectivity index (χ0n) is 14.6. The minimum Gasteiger partial charge on any atom is -0.396 e. The number of rotatable bonds is 17. The summed E-state index contributed by atoms with van der Waals surface area (Å²) in [7, 11) is 0. The van der Waals surface area contributed by atoms with Crippen LogP contribution in [-0.4, -0.2) is 11.7 Å². The molecule has 0 aromatic carbocycles. The molecule has 0 unspecified atom stereocenters. The van der Waals surface area contributed by atoms with E-state index in [-0.39, 0.29) is 0 Å². The first kappa shape index (κ1) is 20.7. The quantitative estimate of drug-likeness (QED) is 0.178. The SMILES string of the molecule is CCCCCCCC/C=C\CCCCCCCCC[13CH2]O. The second-order valence-electron chi connectivity index (χ2n) is 6.37. The Morgan fingerprint density at radius 3 is 1.33 bits per heavy atom. The molecule has 0 aliphatic rings. The van der Waals surface area contributed by atoms with Gasteiger partial charge in [0.25, 0.3) is 0 Å². The van der Waals surface area contributed by atoms with Crippen molar-refractivity contribution >= 4 is 0 Å². The summed E-state index contributed by atoms with van der Waals surface area (Å²) in [6.45, 7) is 2.64. The molecule has 0 spiro atoms. The van der Waals surface area contributed by atoms with E-state index in [4.69, 9.17) is 5.11 Å². The third-order valence-electron chi connectivity index (χ3n) is 4.17. The van der Waals surface area contributed by atoms with Crippen molar-refractivity contribution in [2.75, 3.05) is 6.61 Å². The van der Waals surface area contributed by atoms with Crippen molar-refractivity contribution in [3.63, 3.8) is 0 Å². The molecular weight excluding hydrogens is 257 g/mol. The molecule has 0 aromatic heterocycles. The fourth-order valence-corrected chi connectivity index (χ4v) is 2.71. The number of unbranched alkanes of at least 4 members (excludes halogenated alkanes) is 14. The molecule has 1 heteroatoms. The van der Waals surface area contributed by atoms with Crippen LogP contribution in [0.5, 0.6) is 0 Å². The predicted octanol–water partition coefficient (Wildman–Crippen LogP) is 6.80. The Bertz CT molecular complexity index is 198. The summed E-state index contributed by atoms with van der Waals surface area (Å²) in [4.78, 5) is 0. The second kappa shape index (κ2) is 19.7. The molecule has 0 atom stereocenters. The van der Waals surface area contributed by atoms with Crippen LogP contribution < -0.4 is 0 Å². The highest BCUT2D eigenvalue weighted by Gasteiger charge is 1.91. The fraction of sp³-hybridized carbons (Fsp3) is 0.900. The molecule has 1 nitrogen and oxygen atoms in total. The van der Waals surface area contributed by atoms with Crippen molar-refractivity contribution in [3.05, 3.63) is 12.2 Å². The number of hydrogen-bond acceptors (Lipinski definition) is 1. The van der Waals surface area contributed by atoms with Gasteiger partial charge in [0, 0.05) is 6.61 Å². The van der Waals surface area contributed by atoms with Gasteiger partial charge in [-0.15, -0.1) is 0 Å². The van der Waals surface area contributed by atoms with Crippen LogP contribution in [0.25, 0.3) is 0 Å². The van der Waals surface area contributed by atoms with Crippen molar-refractivity contribution in [2.24, 2.45) is 0 Å². The number of aliphatic hydroxyl groups is 1. The molecule has 0 aliphatic carbocycles. The molecule has 0 radical (unpaired) electrons. The minimum atomic E-state index is 0.366. The Labute approximate surface area is 134 Å². The average molecular weight is 298 g/mol. The molecule has 0 aromatic rings. The molecule has 0 fully saturated rings. The molecule has 1 N–H and O–H groups in total. The maximum Gasteiger partial charge on any atom is 0.0431 e. The van der Waals surface area contributed by atoms with E-state index < -0.39 is 0 Å². The predicted molar refractivity (Wildman–Crippen MR) is 95.8 cm³/mol. The topological polar surface area (TPSA) is 20.2 Å². The fourth-order valence-electron chi connectivity index (χ4n) is 2.71. The third-order valence-corrected chi connectivity index (χ3v) is 4.17.